The number of hydrogen-bond donors (Lipinski definition) is 1. The lowest BCUT2D eigenvalue weighted by Gasteiger charge is -2.23. The Balaban J connectivity index is 2.04. The molecule has 0 radical (unpaired) electrons. The maximum Gasteiger partial charge on any atom is 0.161 e. The zero-order valence-electron chi connectivity index (χ0n) is 13.0. The van der Waals surface area contributed by atoms with Gasteiger partial charge in [-0.1, -0.05) is 19.9 Å². The van der Waals surface area contributed by atoms with E-state index in [1.54, 1.807) is 14.2 Å². The van der Waals surface area contributed by atoms with Crippen molar-refractivity contribution in [3.8, 4) is 11.5 Å². The number of methoxy groups -OCH3 is 2. The third-order valence-corrected chi connectivity index (χ3v) is 4.05. The third-order valence-electron chi connectivity index (χ3n) is 4.05. The van der Waals surface area contributed by atoms with E-state index in [1.165, 1.54) is 6.42 Å². The lowest BCUT2D eigenvalue weighted by molar-refractivity contribution is 0.276. The van der Waals surface area contributed by atoms with Gasteiger partial charge in [0.25, 0.3) is 0 Å². The zero-order chi connectivity index (χ0) is 14.8. The number of ether oxygens (including phenoxy) is 2. The fourth-order valence-corrected chi connectivity index (χ4v) is 2.85. The highest BCUT2D eigenvalue weighted by Crippen LogP contribution is 2.32. The Bertz CT molecular complexity index is 460. The summed E-state index contributed by atoms with van der Waals surface area (Å²) in [6.07, 6.45) is 1.24. The second-order valence-corrected chi connectivity index (χ2v) is 6.37. The molecule has 1 aromatic rings. The van der Waals surface area contributed by atoms with Crippen molar-refractivity contribution in [3.05, 3.63) is 23.8 Å². The molecule has 1 fully saturated rings. The molecule has 2 N–H and O–H groups in total. The van der Waals surface area contributed by atoms with Crippen molar-refractivity contribution in [3.63, 3.8) is 0 Å². The van der Waals surface area contributed by atoms with Crippen molar-refractivity contribution in [2.45, 2.75) is 26.3 Å². The molecule has 0 saturated carbocycles. The van der Waals surface area contributed by atoms with Gasteiger partial charge < -0.3 is 20.1 Å². The maximum absolute atomic E-state index is 6.34. The molecule has 0 aromatic heterocycles. The van der Waals surface area contributed by atoms with E-state index >= 15 is 0 Å². The van der Waals surface area contributed by atoms with E-state index < -0.39 is 0 Å². The van der Waals surface area contributed by atoms with Crippen LogP contribution in [-0.2, 0) is 0 Å². The number of benzene rings is 1. The van der Waals surface area contributed by atoms with Gasteiger partial charge in [-0.3, -0.25) is 0 Å². The molecule has 112 valence electrons. The van der Waals surface area contributed by atoms with Gasteiger partial charge in [-0.15, -0.1) is 0 Å². The molecule has 1 saturated heterocycles. The van der Waals surface area contributed by atoms with E-state index in [1.807, 2.05) is 18.2 Å². The normalized spacial score (nSPS) is 19.9. The van der Waals surface area contributed by atoms with Gasteiger partial charge in [0, 0.05) is 19.1 Å². The number of likely N-dealkylation sites (tertiary alicyclic amines) is 1. The molecule has 4 nitrogen and oxygen atoms in total. The maximum atomic E-state index is 6.34. The first-order valence-electron chi connectivity index (χ1n) is 7.15. The SMILES string of the molecule is COc1ccc(C(N)CN2CCC(C)(C)C2)cc1OC. The topological polar surface area (TPSA) is 47.7 Å². The second-order valence-electron chi connectivity index (χ2n) is 6.37. The molecule has 1 aliphatic rings. The number of rotatable bonds is 5. The molecule has 2 rings (SSSR count). The van der Waals surface area contributed by atoms with Crippen LogP contribution in [0.2, 0.25) is 0 Å². The lowest BCUT2D eigenvalue weighted by Crippen LogP contribution is -2.31. The van der Waals surface area contributed by atoms with Crippen LogP contribution in [0, 0.1) is 5.41 Å². The molecular formula is C16H26N2O2. The van der Waals surface area contributed by atoms with Crippen molar-refractivity contribution >= 4 is 0 Å². The molecule has 1 unspecified atom stereocenters. The minimum atomic E-state index is 0.00343. The summed E-state index contributed by atoms with van der Waals surface area (Å²) < 4.78 is 10.6. The Labute approximate surface area is 121 Å². The first-order chi connectivity index (χ1) is 9.45. The van der Waals surface area contributed by atoms with Crippen molar-refractivity contribution in [1.82, 2.24) is 4.90 Å². The standard InChI is InChI=1S/C16H26N2O2/c1-16(2)7-8-18(11-16)10-13(17)12-5-6-14(19-3)15(9-12)20-4/h5-6,9,13H,7-8,10-11,17H2,1-4H3. The molecule has 0 spiro atoms. The lowest BCUT2D eigenvalue weighted by atomic mass is 9.93. The molecule has 1 aliphatic heterocycles. The molecule has 1 aromatic carbocycles. The van der Waals surface area contributed by atoms with Crippen LogP contribution in [0.15, 0.2) is 18.2 Å². The van der Waals surface area contributed by atoms with Crippen LogP contribution < -0.4 is 15.2 Å². The Morgan fingerprint density at radius 2 is 1.95 bits per heavy atom. The largest absolute Gasteiger partial charge is 0.493 e. The van der Waals surface area contributed by atoms with Gasteiger partial charge in [-0.05, 0) is 36.1 Å². The van der Waals surface area contributed by atoms with Gasteiger partial charge in [-0.2, -0.15) is 0 Å². The number of nitrogens with zero attached hydrogens (tertiary/aromatic N) is 1. The third kappa shape index (κ3) is 3.44. The Hall–Kier alpha value is -1.26. The smallest absolute Gasteiger partial charge is 0.161 e. The van der Waals surface area contributed by atoms with Gasteiger partial charge >= 0.3 is 0 Å². The van der Waals surface area contributed by atoms with Crippen LogP contribution >= 0.6 is 0 Å². The Morgan fingerprint density at radius 3 is 2.50 bits per heavy atom. The quantitative estimate of drug-likeness (QED) is 0.898. The van der Waals surface area contributed by atoms with Gasteiger partial charge in [0.05, 0.1) is 14.2 Å². The van der Waals surface area contributed by atoms with Crippen LogP contribution in [0.5, 0.6) is 11.5 Å². The minimum Gasteiger partial charge on any atom is -0.493 e. The summed E-state index contributed by atoms with van der Waals surface area (Å²) >= 11 is 0. The Morgan fingerprint density at radius 1 is 1.25 bits per heavy atom. The van der Waals surface area contributed by atoms with Crippen LogP contribution in [0.1, 0.15) is 31.9 Å². The van der Waals surface area contributed by atoms with E-state index in [0.29, 0.717) is 5.41 Å². The minimum absolute atomic E-state index is 0.00343. The average molecular weight is 278 g/mol. The van der Waals surface area contributed by atoms with Gasteiger partial charge in [-0.25, -0.2) is 0 Å². The average Bonchev–Trinajstić information content (AvgIpc) is 2.76. The molecule has 0 bridgehead atoms. The fraction of sp³-hybridized carbons (Fsp3) is 0.625. The molecule has 1 atom stereocenters. The van der Waals surface area contributed by atoms with Crippen LogP contribution in [-0.4, -0.2) is 38.8 Å². The predicted molar refractivity (Wildman–Crippen MR) is 81.3 cm³/mol. The van der Waals surface area contributed by atoms with E-state index in [0.717, 1.165) is 36.7 Å². The molecule has 0 amide bonds. The Kier molecular flexibility index (Phi) is 4.55. The highest BCUT2D eigenvalue weighted by molar-refractivity contribution is 5.43. The van der Waals surface area contributed by atoms with Crippen LogP contribution in [0.25, 0.3) is 0 Å². The van der Waals surface area contributed by atoms with Crippen molar-refractivity contribution in [1.29, 1.82) is 0 Å². The first-order valence-corrected chi connectivity index (χ1v) is 7.15. The summed E-state index contributed by atoms with van der Waals surface area (Å²) in [5.74, 6) is 1.48. The summed E-state index contributed by atoms with van der Waals surface area (Å²) in [5.41, 5.74) is 7.84. The summed E-state index contributed by atoms with van der Waals surface area (Å²) in [5, 5.41) is 0. The van der Waals surface area contributed by atoms with E-state index in [4.69, 9.17) is 15.2 Å². The van der Waals surface area contributed by atoms with Crippen molar-refractivity contribution in [2.75, 3.05) is 33.9 Å². The molecular weight excluding hydrogens is 252 g/mol. The highest BCUT2D eigenvalue weighted by Gasteiger charge is 2.30. The van der Waals surface area contributed by atoms with Gasteiger partial charge in [0.1, 0.15) is 0 Å². The van der Waals surface area contributed by atoms with E-state index in [-0.39, 0.29) is 6.04 Å². The fourth-order valence-electron chi connectivity index (χ4n) is 2.85. The first kappa shape index (κ1) is 15.1. The van der Waals surface area contributed by atoms with Gasteiger partial charge in [0.15, 0.2) is 11.5 Å². The number of hydrogen-bond acceptors (Lipinski definition) is 4. The van der Waals surface area contributed by atoms with Crippen LogP contribution in [0.4, 0.5) is 0 Å². The van der Waals surface area contributed by atoms with E-state index in [9.17, 15) is 0 Å². The van der Waals surface area contributed by atoms with Crippen molar-refractivity contribution in [2.24, 2.45) is 11.1 Å². The van der Waals surface area contributed by atoms with E-state index in [2.05, 4.69) is 18.7 Å². The molecule has 4 heteroatoms. The van der Waals surface area contributed by atoms with Gasteiger partial charge in [0.2, 0.25) is 0 Å². The molecule has 20 heavy (non-hydrogen) atoms. The molecule has 0 aliphatic carbocycles. The second kappa shape index (κ2) is 6.02. The summed E-state index contributed by atoms with van der Waals surface area (Å²) in [6.45, 7) is 7.77. The monoisotopic (exact) mass is 278 g/mol. The number of nitrogens with two attached hydrogens (primary N) is 1. The summed E-state index contributed by atoms with van der Waals surface area (Å²) in [4.78, 5) is 2.45. The van der Waals surface area contributed by atoms with Crippen LogP contribution in [0.3, 0.4) is 0 Å². The molecule has 1 heterocycles. The summed E-state index contributed by atoms with van der Waals surface area (Å²) in [6, 6.07) is 5.92. The summed E-state index contributed by atoms with van der Waals surface area (Å²) in [7, 11) is 3.29. The zero-order valence-corrected chi connectivity index (χ0v) is 13.0. The van der Waals surface area contributed by atoms with Crippen molar-refractivity contribution < 1.29 is 9.47 Å². The highest BCUT2D eigenvalue weighted by atomic mass is 16.5. The predicted octanol–water partition coefficient (Wildman–Crippen LogP) is 2.44.